The topological polar surface area (TPSA) is 39.7 Å². The second-order valence-electron chi connectivity index (χ2n) is 6.90. The second-order valence-corrected chi connectivity index (χ2v) is 6.90. The highest BCUT2D eigenvalue weighted by molar-refractivity contribution is 5.47. The largest absolute Gasteiger partial charge is 0.496 e. The van der Waals surface area contributed by atoms with Gasteiger partial charge in [0.25, 0.3) is 0 Å². The van der Waals surface area contributed by atoms with E-state index in [-0.39, 0.29) is 0 Å². The van der Waals surface area contributed by atoms with Gasteiger partial charge in [-0.3, -0.25) is 0 Å². The minimum absolute atomic E-state index is 0.515. The summed E-state index contributed by atoms with van der Waals surface area (Å²) in [6, 6.07) is 22.4. The molecule has 3 aromatic carbocycles. The maximum atomic E-state index is 6.19. The third kappa shape index (κ3) is 5.52. The number of methoxy groups -OCH3 is 2. The number of hydrogen-bond donors (Lipinski definition) is 1. The maximum Gasteiger partial charge on any atom is 0.166 e. The van der Waals surface area contributed by atoms with Gasteiger partial charge in [-0.15, -0.1) is 0 Å². The summed E-state index contributed by atoms with van der Waals surface area (Å²) in [5.41, 5.74) is 4.68. The predicted molar refractivity (Wildman–Crippen MR) is 117 cm³/mol. The minimum atomic E-state index is 0.515. The molecule has 0 heterocycles. The molecule has 3 rings (SSSR count). The van der Waals surface area contributed by atoms with Crippen molar-refractivity contribution < 1.29 is 14.2 Å². The molecule has 4 heteroatoms. The summed E-state index contributed by atoms with van der Waals surface area (Å²) in [5, 5.41) is 3.51. The van der Waals surface area contributed by atoms with E-state index in [1.807, 2.05) is 42.5 Å². The van der Waals surface area contributed by atoms with Crippen molar-refractivity contribution >= 4 is 0 Å². The summed E-state index contributed by atoms with van der Waals surface area (Å²) in [5.74, 6) is 2.48. The van der Waals surface area contributed by atoms with E-state index in [1.54, 1.807) is 14.2 Å². The van der Waals surface area contributed by atoms with Gasteiger partial charge in [0.15, 0.2) is 11.5 Å². The number of aryl methyl sites for hydroxylation is 1. The average molecular weight is 392 g/mol. The lowest BCUT2D eigenvalue weighted by atomic mass is 10.1. The number of hydrogen-bond acceptors (Lipinski definition) is 4. The van der Waals surface area contributed by atoms with Crippen LogP contribution in [-0.4, -0.2) is 20.8 Å². The summed E-state index contributed by atoms with van der Waals surface area (Å²) < 4.78 is 17.2. The van der Waals surface area contributed by atoms with Crippen LogP contribution < -0.4 is 19.5 Å². The summed E-state index contributed by atoms with van der Waals surface area (Å²) >= 11 is 0. The quantitative estimate of drug-likeness (QED) is 0.498. The average Bonchev–Trinajstić information content (AvgIpc) is 2.76. The van der Waals surface area contributed by atoms with Crippen LogP contribution in [-0.2, 0) is 19.6 Å². The van der Waals surface area contributed by atoms with Gasteiger partial charge in [0, 0.05) is 12.1 Å². The summed E-state index contributed by atoms with van der Waals surface area (Å²) in [7, 11) is 3.38. The van der Waals surface area contributed by atoms with Crippen LogP contribution in [0.3, 0.4) is 0 Å². The molecule has 0 saturated heterocycles. The maximum absolute atomic E-state index is 6.19. The van der Waals surface area contributed by atoms with Crippen LogP contribution in [0.4, 0.5) is 0 Å². The smallest absolute Gasteiger partial charge is 0.166 e. The molecule has 4 nitrogen and oxygen atoms in total. The fourth-order valence-corrected chi connectivity index (χ4v) is 3.30. The molecule has 29 heavy (non-hydrogen) atoms. The summed E-state index contributed by atoms with van der Waals surface area (Å²) in [4.78, 5) is 0. The second kappa shape index (κ2) is 10.5. The van der Waals surface area contributed by atoms with Gasteiger partial charge in [-0.1, -0.05) is 54.6 Å². The Hall–Kier alpha value is -2.98. The molecule has 0 amide bonds. The van der Waals surface area contributed by atoms with E-state index in [4.69, 9.17) is 14.2 Å². The van der Waals surface area contributed by atoms with Gasteiger partial charge >= 0.3 is 0 Å². The molecule has 1 N–H and O–H groups in total. The Balaban J connectivity index is 1.63. The van der Waals surface area contributed by atoms with Crippen molar-refractivity contribution in [3.63, 3.8) is 0 Å². The van der Waals surface area contributed by atoms with Gasteiger partial charge < -0.3 is 19.5 Å². The van der Waals surface area contributed by atoms with E-state index in [9.17, 15) is 0 Å². The third-order valence-corrected chi connectivity index (χ3v) is 4.99. The molecule has 0 unspecified atom stereocenters. The van der Waals surface area contributed by atoms with Crippen molar-refractivity contribution in [1.29, 1.82) is 0 Å². The van der Waals surface area contributed by atoms with Crippen molar-refractivity contribution in [2.75, 3.05) is 20.8 Å². The first-order valence-corrected chi connectivity index (χ1v) is 9.88. The number of nitrogens with one attached hydrogen (secondary N) is 1. The van der Waals surface area contributed by atoms with E-state index >= 15 is 0 Å². The number of rotatable bonds is 10. The highest BCUT2D eigenvalue weighted by Gasteiger charge is 2.11. The van der Waals surface area contributed by atoms with E-state index in [2.05, 4.69) is 36.5 Å². The Morgan fingerprint density at radius 1 is 0.724 bits per heavy atom. The summed E-state index contributed by atoms with van der Waals surface area (Å²) in [6.07, 6.45) is 0.896. The van der Waals surface area contributed by atoms with Gasteiger partial charge in [-0.25, -0.2) is 0 Å². The fourth-order valence-electron chi connectivity index (χ4n) is 3.30. The SMILES string of the molecule is COc1ccccc1CCNCc1cccc(OC)c1OCc1ccccc1C. The van der Waals surface area contributed by atoms with Crippen LogP contribution in [0.15, 0.2) is 66.7 Å². The molecular formula is C25H29NO3. The van der Waals surface area contributed by atoms with E-state index in [1.165, 1.54) is 16.7 Å². The zero-order chi connectivity index (χ0) is 20.5. The van der Waals surface area contributed by atoms with Crippen LogP contribution >= 0.6 is 0 Å². The lowest BCUT2D eigenvalue weighted by molar-refractivity contribution is 0.280. The van der Waals surface area contributed by atoms with E-state index in [0.717, 1.165) is 35.8 Å². The highest BCUT2D eigenvalue weighted by Crippen LogP contribution is 2.32. The fraction of sp³-hybridized carbons (Fsp3) is 0.280. The molecule has 152 valence electrons. The van der Waals surface area contributed by atoms with Crippen molar-refractivity contribution in [1.82, 2.24) is 5.32 Å². The molecular weight excluding hydrogens is 362 g/mol. The van der Waals surface area contributed by atoms with Crippen molar-refractivity contribution in [3.8, 4) is 17.2 Å². The van der Waals surface area contributed by atoms with Crippen LogP contribution in [0.1, 0.15) is 22.3 Å². The number of para-hydroxylation sites is 2. The monoisotopic (exact) mass is 391 g/mol. The Labute approximate surface area is 173 Å². The number of ether oxygens (including phenoxy) is 3. The Bertz CT molecular complexity index is 923. The molecule has 0 spiro atoms. The van der Waals surface area contributed by atoms with Gasteiger partial charge in [0.1, 0.15) is 12.4 Å². The predicted octanol–water partition coefficient (Wildman–Crippen LogP) is 4.92. The van der Waals surface area contributed by atoms with Crippen molar-refractivity contribution in [2.24, 2.45) is 0 Å². The first-order valence-electron chi connectivity index (χ1n) is 9.88. The number of benzene rings is 3. The Morgan fingerprint density at radius 2 is 1.38 bits per heavy atom. The van der Waals surface area contributed by atoms with Gasteiger partial charge in [0.05, 0.1) is 14.2 Å². The molecule has 0 radical (unpaired) electrons. The molecule has 0 aliphatic rings. The van der Waals surface area contributed by atoms with Crippen molar-refractivity contribution in [3.05, 3.63) is 89.0 Å². The third-order valence-electron chi connectivity index (χ3n) is 4.99. The zero-order valence-electron chi connectivity index (χ0n) is 17.4. The lowest BCUT2D eigenvalue weighted by Gasteiger charge is -2.16. The van der Waals surface area contributed by atoms with Gasteiger partial charge in [-0.2, -0.15) is 0 Å². The molecule has 0 aliphatic carbocycles. The lowest BCUT2D eigenvalue weighted by Crippen LogP contribution is -2.18. The standard InChI is InChI=1S/C25H29NO3/c1-19-9-4-5-11-22(19)18-29-25-21(12-8-14-24(25)28-3)17-26-16-15-20-10-6-7-13-23(20)27-2/h4-14,26H,15-18H2,1-3H3. The van der Waals surface area contributed by atoms with Gasteiger partial charge in [-0.05, 0) is 48.7 Å². The van der Waals surface area contributed by atoms with Crippen LogP contribution in [0.5, 0.6) is 17.2 Å². The first-order chi connectivity index (χ1) is 14.2. The molecule has 3 aromatic rings. The first kappa shape index (κ1) is 20.7. The zero-order valence-corrected chi connectivity index (χ0v) is 17.4. The van der Waals surface area contributed by atoms with Crippen LogP contribution in [0.2, 0.25) is 0 Å². The molecule has 0 bridgehead atoms. The Kier molecular flexibility index (Phi) is 7.54. The summed E-state index contributed by atoms with van der Waals surface area (Å²) in [6.45, 7) is 4.16. The van der Waals surface area contributed by atoms with E-state index in [0.29, 0.717) is 13.2 Å². The molecule has 0 saturated carbocycles. The molecule has 0 aromatic heterocycles. The highest BCUT2D eigenvalue weighted by atomic mass is 16.5. The van der Waals surface area contributed by atoms with Crippen LogP contribution in [0.25, 0.3) is 0 Å². The van der Waals surface area contributed by atoms with Crippen LogP contribution in [0, 0.1) is 6.92 Å². The Morgan fingerprint density at radius 3 is 2.14 bits per heavy atom. The molecule has 0 atom stereocenters. The van der Waals surface area contributed by atoms with Gasteiger partial charge in [0.2, 0.25) is 0 Å². The van der Waals surface area contributed by atoms with E-state index < -0.39 is 0 Å². The van der Waals surface area contributed by atoms with Crippen molar-refractivity contribution in [2.45, 2.75) is 26.5 Å². The molecule has 0 fully saturated rings. The normalized spacial score (nSPS) is 10.6. The minimum Gasteiger partial charge on any atom is -0.496 e. The molecule has 0 aliphatic heterocycles.